The Morgan fingerprint density at radius 2 is 0.481 bits per heavy atom. The Kier molecular flexibility index (Phi) is 66.6. The van der Waals surface area contributed by atoms with Gasteiger partial charge in [-0.15, -0.1) is 0 Å². The van der Waals surface area contributed by atoms with Gasteiger partial charge in [-0.25, -0.2) is 0 Å². The fraction of sp³-hybridized carbons (Fsp3) is 0.800. The molecule has 0 amide bonds. The summed E-state index contributed by atoms with van der Waals surface area (Å²) in [5, 5.41) is 0. The molecular formula is C75H134O6. The SMILES string of the molecule is CC/C=C\C/C=C\C/C=C\C/C=C\CCCCCCCCCCCCCCCCCCC(=O)OCC(COC(=O)CCCCCCC/C=C\CCCCCCCCC)OC(=O)CCCCCCCCC/C=C\CCCCCCCCC. The van der Waals surface area contributed by atoms with Crippen molar-refractivity contribution in [2.75, 3.05) is 13.2 Å². The van der Waals surface area contributed by atoms with Crippen LogP contribution in [-0.4, -0.2) is 37.2 Å². The molecule has 81 heavy (non-hydrogen) atoms. The molecule has 0 heterocycles. The second-order valence-corrected chi connectivity index (χ2v) is 23.8. The number of hydrogen-bond donors (Lipinski definition) is 0. The zero-order valence-corrected chi connectivity index (χ0v) is 54.1. The fourth-order valence-electron chi connectivity index (χ4n) is 10.4. The molecule has 470 valence electrons. The van der Waals surface area contributed by atoms with Crippen molar-refractivity contribution in [3.63, 3.8) is 0 Å². The summed E-state index contributed by atoms with van der Waals surface area (Å²) in [7, 11) is 0. The van der Waals surface area contributed by atoms with E-state index in [1.165, 1.54) is 238 Å². The number of carbonyl (C=O) groups excluding carboxylic acids is 3. The Morgan fingerprint density at radius 3 is 0.765 bits per heavy atom. The first-order valence-electron chi connectivity index (χ1n) is 35.4. The molecule has 1 unspecified atom stereocenters. The van der Waals surface area contributed by atoms with E-state index in [0.717, 1.165) is 89.9 Å². The van der Waals surface area contributed by atoms with Gasteiger partial charge >= 0.3 is 17.9 Å². The lowest BCUT2D eigenvalue weighted by molar-refractivity contribution is -0.167. The molecule has 0 aliphatic heterocycles. The molecule has 6 nitrogen and oxygen atoms in total. The van der Waals surface area contributed by atoms with Crippen LogP contribution in [0.2, 0.25) is 0 Å². The molecule has 0 aromatic rings. The van der Waals surface area contributed by atoms with E-state index in [4.69, 9.17) is 14.2 Å². The minimum absolute atomic E-state index is 0.0760. The van der Waals surface area contributed by atoms with Gasteiger partial charge in [0, 0.05) is 19.3 Å². The number of ether oxygens (including phenoxy) is 3. The van der Waals surface area contributed by atoms with Crippen molar-refractivity contribution in [1.29, 1.82) is 0 Å². The largest absolute Gasteiger partial charge is 0.462 e. The molecule has 0 aromatic heterocycles. The van der Waals surface area contributed by atoms with E-state index < -0.39 is 6.10 Å². The van der Waals surface area contributed by atoms with Crippen LogP contribution in [0.5, 0.6) is 0 Å². The van der Waals surface area contributed by atoms with Crippen LogP contribution >= 0.6 is 0 Å². The Labute approximate surface area is 503 Å². The summed E-state index contributed by atoms with van der Waals surface area (Å²) in [6.45, 7) is 6.57. The van der Waals surface area contributed by atoms with E-state index in [1.807, 2.05) is 0 Å². The van der Waals surface area contributed by atoms with Crippen molar-refractivity contribution in [3.05, 3.63) is 72.9 Å². The Hall–Kier alpha value is -3.15. The first kappa shape index (κ1) is 77.9. The first-order chi connectivity index (χ1) is 40.0. The molecule has 0 N–H and O–H groups in total. The lowest BCUT2D eigenvalue weighted by Gasteiger charge is -2.18. The van der Waals surface area contributed by atoms with Crippen LogP contribution in [0.15, 0.2) is 72.9 Å². The van der Waals surface area contributed by atoms with Crippen molar-refractivity contribution in [1.82, 2.24) is 0 Å². The van der Waals surface area contributed by atoms with E-state index in [2.05, 4.69) is 93.7 Å². The zero-order chi connectivity index (χ0) is 58.5. The predicted octanol–water partition coefficient (Wildman–Crippen LogP) is 24.4. The molecule has 0 saturated carbocycles. The second-order valence-electron chi connectivity index (χ2n) is 23.8. The molecule has 0 aliphatic rings. The molecule has 0 aromatic carbocycles. The third kappa shape index (κ3) is 67.5. The molecule has 1 atom stereocenters. The van der Waals surface area contributed by atoms with Gasteiger partial charge in [0.25, 0.3) is 0 Å². The molecule has 0 fully saturated rings. The van der Waals surface area contributed by atoms with Gasteiger partial charge in [-0.3, -0.25) is 14.4 Å². The first-order valence-corrected chi connectivity index (χ1v) is 35.4. The van der Waals surface area contributed by atoms with Crippen molar-refractivity contribution in [2.24, 2.45) is 0 Å². The summed E-state index contributed by atoms with van der Waals surface area (Å²) in [4.78, 5) is 38.4. The summed E-state index contributed by atoms with van der Waals surface area (Å²) in [5.41, 5.74) is 0. The minimum atomic E-state index is -0.781. The fourth-order valence-corrected chi connectivity index (χ4v) is 10.4. The lowest BCUT2D eigenvalue weighted by atomic mass is 10.0. The van der Waals surface area contributed by atoms with Crippen LogP contribution < -0.4 is 0 Å². The van der Waals surface area contributed by atoms with Gasteiger partial charge in [0.1, 0.15) is 13.2 Å². The second kappa shape index (κ2) is 69.3. The van der Waals surface area contributed by atoms with E-state index in [-0.39, 0.29) is 31.1 Å². The van der Waals surface area contributed by atoms with Gasteiger partial charge in [0.2, 0.25) is 0 Å². The zero-order valence-electron chi connectivity index (χ0n) is 54.1. The number of carbonyl (C=O) groups is 3. The van der Waals surface area contributed by atoms with Crippen molar-refractivity contribution >= 4 is 17.9 Å². The molecule has 0 rings (SSSR count). The van der Waals surface area contributed by atoms with E-state index >= 15 is 0 Å². The summed E-state index contributed by atoms with van der Waals surface area (Å²) >= 11 is 0. The topological polar surface area (TPSA) is 78.9 Å². The van der Waals surface area contributed by atoms with Crippen molar-refractivity contribution in [3.8, 4) is 0 Å². The van der Waals surface area contributed by atoms with E-state index in [0.29, 0.717) is 19.3 Å². The molecule has 0 saturated heterocycles. The highest BCUT2D eigenvalue weighted by atomic mass is 16.6. The maximum Gasteiger partial charge on any atom is 0.306 e. The Bertz CT molecular complexity index is 1490. The van der Waals surface area contributed by atoms with Crippen LogP contribution in [0.3, 0.4) is 0 Å². The molecule has 0 spiro atoms. The molecule has 6 heteroatoms. The highest BCUT2D eigenvalue weighted by molar-refractivity contribution is 5.71. The predicted molar refractivity (Wildman–Crippen MR) is 353 cm³/mol. The van der Waals surface area contributed by atoms with Crippen LogP contribution in [-0.2, 0) is 28.6 Å². The van der Waals surface area contributed by atoms with E-state index in [9.17, 15) is 14.4 Å². The van der Waals surface area contributed by atoms with Crippen LogP contribution in [0.25, 0.3) is 0 Å². The third-order valence-electron chi connectivity index (χ3n) is 15.7. The number of unbranched alkanes of at least 4 members (excludes halogenated alkanes) is 42. The monoisotopic (exact) mass is 1130 g/mol. The lowest BCUT2D eigenvalue weighted by Crippen LogP contribution is -2.30. The Balaban J connectivity index is 4.26. The average molecular weight is 1130 g/mol. The van der Waals surface area contributed by atoms with Crippen molar-refractivity contribution in [2.45, 2.75) is 374 Å². The van der Waals surface area contributed by atoms with Crippen LogP contribution in [0.4, 0.5) is 0 Å². The summed E-state index contributed by atoms with van der Waals surface area (Å²) in [6, 6.07) is 0. The number of esters is 3. The molecule has 0 bridgehead atoms. The number of allylic oxidation sites excluding steroid dienone is 12. The highest BCUT2D eigenvalue weighted by Gasteiger charge is 2.19. The van der Waals surface area contributed by atoms with Gasteiger partial charge in [-0.05, 0) is 109 Å². The smallest absolute Gasteiger partial charge is 0.306 e. The summed E-state index contributed by atoms with van der Waals surface area (Å²) in [6.07, 6.45) is 90.7. The third-order valence-corrected chi connectivity index (χ3v) is 15.7. The standard InChI is InChI=1S/C75H134O6/c1-4-7-10-13-16-19-22-25-28-31-33-34-35-36-37-38-39-40-41-42-43-45-47-50-53-56-59-62-65-68-74(77)80-71-72(70-79-73(76)67-64-61-58-55-52-49-46-30-27-24-21-18-15-12-9-6-3)81-75(78)69-66-63-60-57-54-51-48-44-32-29-26-23-20-17-14-11-8-5-2/h7,10,16,19,25,28-30,32-34,46,72H,4-6,8-9,11-15,17-18,20-24,26-27,31,35-45,47-71H2,1-3H3/b10-7-,19-16-,28-25-,32-29-,34-33-,46-30-. The van der Waals surface area contributed by atoms with Gasteiger partial charge in [0.15, 0.2) is 6.10 Å². The normalized spacial score (nSPS) is 12.5. The van der Waals surface area contributed by atoms with Crippen LogP contribution in [0.1, 0.15) is 367 Å². The maximum atomic E-state index is 12.9. The highest BCUT2D eigenvalue weighted by Crippen LogP contribution is 2.17. The van der Waals surface area contributed by atoms with Gasteiger partial charge in [-0.1, -0.05) is 312 Å². The average Bonchev–Trinajstić information content (AvgIpc) is 3.47. The number of hydrogen-bond acceptors (Lipinski definition) is 6. The summed E-state index contributed by atoms with van der Waals surface area (Å²) < 4.78 is 17.0. The molecular weight excluding hydrogens is 997 g/mol. The van der Waals surface area contributed by atoms with E-state index in [1.54, 1.807) is 0 Å². The van der Waals surface area contributed by atoms with Gasteiger partial charge in [-0.2, -0.15) is 0 Å². The van der Waals surface area contributed by atoms with Gasteiger partial charge < -0.3 is 14.2 Å². The maximum absolute atomic E-state index is 12.9. The molecule has 0 aliphatic carbocycles. The van der Waals surface area contributed by atoms with Crippen LogP contribution in [0, 0.1) is 0 Å². The minimum Gasteiger partial charge on any atom is -0.462 e. The number of rotatable bonds is 65. The summed E-state index contributed by atoms with van der Waals surface area (Å²) in [5.74, 6) is -0.867. The quantitative estimate of drug-likeness (QED) is 0.0261. The van der Waals surface area contributed by atoms with Crippen molar-refractivity contribution < 1.29 is 28.6 Å². The molecule has 0 radical (unpaired) electrons. The van der Waals surface area contributed by atoms with Gasteiger partial charge in [0.05, 0.1) is 0 Å². The Morgan fingerprint density at radius 1 is 0.259 bits per heavy atom.